The molecule has 0 aliphatic heterocycles. The molecule has 0 aliphatic rings. The van der Waals surface area contributed by atoms with Crippen LogP contribution in [0.25, 0.3) is 0 Å². The number of aromatic nitrogens is 1. The monoisotopic (exact) mass is 262 g/mol. The molecule has 0 radical (unpaired) electrons. The Labute approximate surface area is 91.9 Å². The summed E-state index contributed by atoms with van der Waals surface area (Å²) in [5.41, 5.74) is 0.390. The van der Waals surface area contributed by atoms with Gasteiger partial charge in [0.15, 0.2) is 5.13 Å². The van der Waals surface area contributed by atoms with Gasteiger partial charge in [0.05, 0.1) is 0 Å². The summed E-state index contributed by atoms with van der Waals surface area (Å²) < 4.78 is 0.913. The van der Waals surface area contributed by atoms with Crippen LogP contribution in [0.4, 0.5) is 5.13 Å². The number of nitrogens with zero attached hydrogens (tertiary/aromatic N) is 1. The van der Waals surface area contributed by atoms with Crippen LogP contribution in [0, 0.1) is 5.41 Å². The van der Waals surface area contributed by atoms with Crippen LogP contribution in [0.1, 0.15) is 27.2 Å². The lowest BCUT2D eigenvalue weighted by Crippen LogP contribution is -2.12. The van der Waals surface area contributed by atoms with Gasteiger partial charge in [-0.3, -0.25) is 0 Å². The molecule has 0 atom stereocenters. The van der Waals surface area contributed by atoms with Gasteiger partial charge in [-0.05, 0) is 27.8 Å². The number of thiazole rings is 1. The summed E-state index contributed by atoms with van der Waals surface area (Å²) in [7, 11) is 0. The first-order chi connectivity index (χ1) is 5.97. The molecule has 1 rings (SSSR count). The van der Waals surface area contributed by atoms with Crippen LogP contribution in [0.2, 0.25) is 0 Å². The summed E-state index contributed by atoms with van der Waals surface area (Å²) in [6, 6.07) is 0. The Morgan fingerprint density at radius 3 is 2.69 bits per heavy atom. The topological polar surface area (TPSA) is 24.9 Å². The molecule has 0 bridgehead atoms. The molecule has 0 saturated carbocycles. The van der Waals surface area contributed by atoms with E-state index in [1.807, 2.05) is 5.38 Å². The van der Waals surface area contributed by atoms with Crippen LogP contribution < -0.4 is 5.32 Å². The predicted molar refractivity (Wildman–Crippen MR) is 62.4 cm³/mol. The van der Waals surface area contributed by atoms with E-state index >= 15 is 0 Å². The van der Waals surface area contributed by atoms with Gasteiger partial charge in [0, 0.05) is 11.9 Å². The maximum absolute atomic E-state index is 4.25. The number of nitrogens with one attached hydrogen (secondary N) is 1. The number of halogens is 1. The van der Waals surface area contributed by atoms with Gasteiger partial charge >= 0.3 is 0 Å². The molecule has 0 aliphatic carbocycles. The first-order valence-corrected chi connectivity index (χ1v) is 5.99. The second kappa shape index (κ2) is 4.42. The highest BCUT2D eigenvalue weighted by Crippen LogP contribution is 2.21. The third-order valence-electron chi connectivity index (χ3n) is 1.63. The molecule has 4 heteroatoms. The minimum absolute atomic E-state index is 0.390. The lowest BCUT2D eigenvalue weighted by atomic mass is 9.92. The van der Waals surface area contributed by atoms with Gasteiger partial charge in [0.1, 0.15) is 4.60 Å². The normalized spacial score (nSPS) is 11.7. The van der Waals surface area contributed by atoms with E-state index in [-0.39, 0.29) is 0 Å². The van der Waals surface area contributed by atoms with E-state index in [1.165, 1.54) is 0 Å². The van der Waals surface area contributed by atoms with Crippen LogP contribution in [-0.2, 0) is 0 Å². The summed E-state index contributed by atoms with van der Waals surface area (Å²) in [5, 5.41) is 6.28. The Kier molecular flexibility index (Phi) is 3.74. The highest BCUT2D eigenvalue weighted by molar-refractivity contribution is 9.10. The molecule has 1 N–H and O–H groups in total. The van der Waals surface area contributed by atoms with Crippen LogP contribution >= 0.6 is 27.3 Å². The third-order valence-corrected chi connectivity index (χ3v) is 3.14. The highest BCUT2D eigenvalue weighted by Gasteiger charge is 2.09. The van der Waals surface area contributed by atoms with Crippen LogP contribution in [-0.4, -0.2) is 11.5 Å². The van der Waals surface area contributed by atoms with Gasteiger partial charge in [-0.15, -0.1) is 11.3 Å². The van der Waals surface area contributed by atoms with Crippen molar-refractivity contribution in [2.75, 3.05) is 11.9 Å². The third kappa shape index (κ3) is 4.62. The zero-order valence-corrected chi connectivity index (χ0v) is 10.6. The van der Waals surface area contributed by atoms with E-state index < -0.39 is 0 Å². The average Bonchev–Trinajstić information content (AvgIpc) is 2.33. The molecule has 0 aromatic carbocycles. The zero-order valence-electron chi connectivity index (χ0n) is 8.22. The van der Waals surface area contributed by atoms with E-state index in [9.17, 15) is 0 Å². The molecule has 74 valence electrons. The quantitative estimate of drug-likeness (QED) is 0.898. The van der Waals surface area contributed by atoms with E-state index in [4.69, 9.17) is 0 Å². The standard InChI is InChI=1S/C9H15BrN2S/c1-9(2,3)4-5-11-8-12-7(10)6-13-8/h6H,4-5H2,1-3H3,(H,11,12). The van der Waals surface area contributed by atoms with E-state index in [2.05, 4.69) is 47.0 Å². The molecule has 0 saturated heterocycles. The van der Waals surface area contributed by atoms with Crippen LogP contribution in [0.15, 0.2) is 9.98 Å². The number of hydrogen-bond acceptors (Lipinski definition) is 3. The molecule has 0 spiro atoms. The van der Waals surface area contributed by atoms with Gasteiger partial charge in [-0.1, -0.05) is 20.8 Å². The second-order valence-electron chi connectivity index (χ2n) is 4.21. The van der Waals surface area contributed by atoms with Crippen molar-refractivity contribution in [1.29, 1.82) is 0 Å². The summed E-state index contributed by atoms with van der Waals surface area (Å²) in [6.45, 7) is 7.72. The van der Waals surface area contributed by atoms with Gasteiger partial charge in [-0.2, -0.15) is 0 Å². The summed E-state index contributed by atoms with van der Waals surface area (Å²) in [6.07, 6.45) is 1.16. The summed E-state index contributed by atoms with van der Waals surface area (Å²) in [4.78, 5) is 4.25. The van der Waals surface area contributed by atoms with Crippen LogP contribution in [0.3, 0.4) is 0 Å². The Morgan fingerprint density at radius 2 is 2.23 bits per heavy atom. The van der Waals surface area contributed by atoms with Gasteiger partial charge in [0.25, 0.3) is 0 Å². The van der Waals surface area contributed by atoms with Crippen molar-refractivity contribution < 1.29 is 0 Å². The van der Waals surface area contributed by atoms with Crippen molar-refractivity contribution in [2.24, 2.45) is 5.41 Å². The predicted octanol–water partition coefficient (Wildman–Crippen LogP) is 3.75. The minimum atomic E-state index is 0.390. The van der Waals surface area contributed by atoms with Crippen molar-refractivity contribution in [3.63, 3.8) is 0 Å². The fourth-order valence-corrected chi connectivity index (χ4v) is 2.05. The Hall–Kier alpha value is -0.0900. The van der Waals surface area contributed by atoms with Crippen molar-refractivity contribution in [3.05, 3.63) is 9.98 Å². The number of rotatable bonds is 3. The molecule has 0 unspecified atom stereocenters. The molecule has 13 heavy (non-hydrogen) atoms. The maximum Gasteiger partial charge on any atom is 0.183 e. The van der Waals surface area contributed by atoms with Gasteiger partial charge in [-0.25, -0.2) is 4.98 Å². The molecule has 1 aromatic rings. The summed E-state index contributed by atoms with van der Waals surface area (Å²) >= 11 is 4.95. The smallest absolute Gasteiger partial charge is 0.183 e. The SMILES string of the molecule is CC(C)(C)CCNc1nc(Br)cs1. The zero-order chi connectivity index (χ0) is 9.90. The van der Waals surface area contributed by atoms with Crippen molar-refractivity contribution in [1.82, 2.24) is 4.98 Å². The molecule has 0 amide bonds. The van der Waals surface area contributed by atoms with E-state index in [1.54, 1.807) is 11.3 Å². The minimum Gasteiger partial charge on any atom is -0.361 e. The van der Waals surface area contributed by atoms with Crippen molar-refractivity contribution >= 4 is 32.4 Å². The molecule has 2 nitrogen and oxygen atoms in total. The maximum atomic E-state index is 4.25. The molecular weight excluding hydrogens is 248 g/mol. The fraction of sp³-hybridized carbons (Fsp3) is 0.667. The second-order valence-corrected chi connectivity index (χ2v) is 5.88. The molecule has 0 fully saturated rings. The Balaban J connectivity index is 2.28. The molecule has 1 heterocycles. The van der Waals surface area contributed by atoms with E-state index in [0.29, 0.717) is 5.41 Å². The van der Waals surface area contributed by atoms with Gasteiger partial charge in [0.2, 0.25) is 0 Å². The summed E-state index contributed by atoms with van der Waals surface area (Å²) in [5.74, 6) is 0. The average molecular weight is 263 g/mol. The number of anilines is 1. The van der Waals surface area contributed by atoms with Crippen molar-refractivity contribution in [2.45, 2.75) is 27.2 Å². The lowest BCUT2D eigenvalue weighted by Gasteiger charge is -2.17. The largest absolute Gasteiger partial charge is 0.361 e. The van der Waals surface area contributed by atoms with Gasteiger partial charge < -0.3 is 5.32 Å². The highest BCUT2D eigenvalue weighted by atomic mass is 79.9. The fourth-order valence-electron chi connectivity index (χ4n) is 0.880. The van der Waals surface area contributed by atoms with Crippen molar-refractivity contribution in [3.8, 4) is 0 Å². The first kappa shape index (κ1) is 11.0. The van der Waals surface area contributed by atoms with E-state index in [0.717, 1.165) is 22.7 Å². The Morgan fingerprint density at radius 1 is 1.54 bits per heavy atom. The lowest BCUT2D eigenvalue weighted by molar-refractivity contribution is 0.390. The molecular formula is C9H15BrN2S. The molecule has 1 aromatic heterocycles. The van der Waals surface area contributed by atoms with Crippen LogP contribution in [0.5, 0.6) is 0 Å². The number of hydrogen-bond donors (Lipinski definition) is 1. The first-order valence-electron chi connectivity index (χ1n) is 4.32. The Bertz CT molecular complexity index is 265.